The predicted molar refractivity (Wildman–Crippen MR) is 97.2 cm³/mol. The third-order valence-corrected chi connectivity index (χ3v) is 4.22. The van der Waals surface area contributed by atoms with Crippen LogP contribution in [0.2, 0.25) is 5.02 Å². The van der Waals surface area contributed by atoms with E-state index >= 15 is 0 Å². The first-order chi connectivity index (χ1) is 11.3. The molecule has 6 heteroatoms. The zero-order valence-corrected chi connectivity index (χ0v) is 13.9. The Morgan fingerprint density at radius 2 is 2.09 bits per heavy atom. The molecular formula is C17H15ClN4S. The highest BCUT2D eigenvalue weighted by molar-refractivity contribution is 7.07. The van der Waals surface area contributed by atoms with E-state index in [0.29, 0.717) is 11.6 Å². The molecule has 0 spiro atoms. The molecule has 2 aromatic heterocycles. The number of rotatable bonds is 5. The normalized spacial score (nSPS) is 12.1. The highest BCUT2D eigenvalue weighted by Crippen LogP contribution is 2.22. The molecule has 0 aliphatic rings. The Labute approximate surface area is 143 Å². The van der Waals surface area contributed by atoms with E-state index in [1.165, 1.54) is 0 Å². The molecule has 0 saturated carbocycles. The van der Waals surface area contributed by atoms with Crippen molar-refractivity contribution in [1.82, 2.24) is 9.66 Å². The first kappa shape index (κ1) is 15.5. The molecule has 0 atom stereocenters. The van der Waals surface area contributed by atoms with E-state index < -0.39 is 0 Å². The standard InChI is InChI=1S/C17H15ClN4S/c1-2-9-20-17-22(21-11-15-4-3-10-19-15)16(12-23-17)13-5-7-14(18)8-6-13/h2-8,10-12,19H,1,9H2. The molecule has 1 aromatic carbocycles. The van der Waals surface area contributed by atoms with Gasteiger partial charge in [0.2, 0.25) is 4.80 Å². The summed E-state index contributed by atoms with van der Waals surface area (Å²) in [5.41, 5.74) is 2.94. The second kappa shape index (κ2) is 7.26. The van der Waals surface area contributed by atoms with Crippen molar-refractivity contribution < 1.29 is 0 Å². The summed E-state index contributed by atoms with van der Waals surface area (Å²) in [7, 11) is 0. The van der Waals surface area contributed by atoms with Gasteiger partial charge >= 0.3 is 0 Å². The first-order valence-corrected chi connectivity index (χ1v) is 8.29. The van der Waals surface area contributed by atoms with Gasteiger partial charge in [0.05, 0.1) is 24.1 Å². The fourth-order valence-electron chi connectivity index (χ4n) is 2.03. The number of halogens is 1. The lowest BCUT2D eigenvalue weighted by molar-refractivity contribution is 0.840. The molecule has 0 amide bonds. The van der Waals surface area contributed by atoms with Crippen LogP contribution in [0.15, 0.2) is 70.7 Å². The van der Waals surface area contributed by atoms with Gasteiger partial charge in [0.15, 0.2) is 0 Å². The maximum absolute atomic E-state index is 5.97. The van der Waals surface area contributed by atoms with E-state index in [2.05, 4.69) is 21.7 Å². The Balaban J connectivity index is 2.07. The number of hydrogen-bond donors (Lipinski definition) is 1. The topological polar surface area (TPSA) is 45.4 Å². The van der Waals surface area contributed by atoms with Gasteiger partial charge in [0.1, 0.15) is 0 Å². The van der Waals surface area contributed by atoms with E-state index in [9.17, 15) is 0 Å². The zero-order valence-electron chi connectivity index (χ0n) is 12.3. The Morgan fingerprint density at radius 3 is 2.78 bits per heavy atom. The number of hydrogen-bond acceptors (Lipinski definition) is 3. The number of nitrogens with one attached hydrogen (secondary N) is 1. The molecule has 0 saturated heterocycles. The maximum Gasteiger partial charge on any atom is 0.206 e. The zero-order chi connectivity index (χ0) is 16.1. The molecule has 0 aliphatic heterocycles. The number of H-pyrrole nitrogens is 1. The number of aromatic nitrogens is 2. The SMILES string of the molecule is C=CCN=c1scc(-c2ccc(Cl)cc2)n1N=Cc1ccc[nH]1. The highest BCUT2D eigenvalue weighted by atomic mass is 35.5. The van der Waals surface area contributed by atoms with Crippen LogP contribution in [0.4, 0.5) is 0 Å². The van der Waals surface area contributed by atoms with Crippen LogP contribution in [0.3, 0.4) is 0 Å². The van der Waals surface area contributed by atoms with Gasteiger partial charge in [-0.15, -0.1) is 17.9 Å². The van der Waals surface area contributed by atoms with Crippen molar-refractivity contribution in [2.75, 3.05) is 6.54 Å². The minimum Gasteiger partial charge on any atom is -0.360 e. The minimum atomic E-state index is 0.554. The molecule has 23 heavy (non-hydrogen) atoms. The summed E-state index contributed by atoms with van der Waals surface area (Å²) < 4.78 is 1.83. The third kappa shape index (κ3) is 3.70. The summed E-state index contributed by atoms with van der Waals surface area (Å²) in [6.07, 6.45) is 5.41. The molecule has 3 rings (SSSR count). The Morgan fingerprint density at radius 1 is 1.26 bits per heavy atom. The minimum absolute atomic E-state index is 0.554. The summed E-state index contributed by atoms with van der Waals surface area (Å²) in [6.45, 7) is 4.26. The van der Waals surface area contributed by atoms with Gasteiger partial charge in [0, 0.05) is 22.2 Å². The van der Waals surface area contributed by atoms with Gasteiger partial charge in [-0.3, -0.25) is 4.99 Å². The molecule has 3 aromatic rings. The van der Waals surface area contributed by atoms with Crippen LogP contribution in [-0.4, -0.2) is 22.4 Å². The first-order valence-electron chi connectivity index (χ1n) is 7.03. The van der Waals surface area contributed by atoms with Crippen LogP contribution in [0, 0.1) is 0 Å². The predicted octanol–water partition coefficient (Wildman–Crippen LogP) is 4.17. The summed E-state index contributed by atoms with van der Waals surface area (Å²) in [5.74, 6) is 0. The van der Waals surface area contributed by atoms with Crippen LogP contribution in [-0.2, 0) is 0 Å². The smallest absolute Gasteiger partial charge is 0.206 e. The van der Waals surface area contributed by atoms with E-state index in [1.807, 2.05) is 52.7 Å². The van der Waals surface area contributed by atoms with Gasteiger partial charge < -0.3 is 4.98 Å². The van der Waals surface area contributed by atoms with Crippen LogP contribution in [0.25, 0.3) is 11.3 Å². The lowest BCUT2D eigenvalue weighted by atomic mass is 10.2. The van der Waals surface area contributed by atoms with Gasteiger partial charge in [-0.25, -0.2) is 4.68 Å². The maximum atomic E-state index is 5.97. The summed E-state index contributed by atoms with van der Waals surface area (Å²) in [6, 6.07) is 11.6. The largest absolute Gasteiger partial charge is 0.360 e. The van der Waals surface area contributed by atoms with Crippen molar-refractivity contribution in [3.05, 3.63) is 76.1 Å². The van der Waals surface area contributed by atoms with E-state index in [4.69, 9.17) is 11.6 Å². The number of aromatic amines is 1. The lowest BCUT2D eigenvalue weighted by Crippen LogP contribution is -2.12. The lowest BCUT2D eigenvalue weighted by Gasteiger charge is -2.03. The van der Waals surface area contributed by atoms with Gasteiger partial charge in [0.25, 0.3) is 0 Å². The molecule has 0 aliphatic carbocycles. The van der Waals surface area contributed by atoms with E-state index in [-0.39, 0.29) is 0 Å². The van der Waals surface area contributed by atoms with Gasteiger partial charge in [-0.05, 0) is 24.3 Å². The molecule has 0 radical (unpaired) electrons. The molecule has 0 fully saturated rings. The average Bonchev–Trinajstić information content (AvgIpc) is 3.21. The number of nitrogens with zero attached hydrogens (tertiary/aromatic N) is 3. The number of benzene rings is 1. The van der Waals surface area contributed by atoms with Crippen molar-refractivity contribution in [3.8, 4) is 11.3 Å². The third-order valence-electron chi connectivity index (χ3n) is 3.12. The van der Waals surface area contributed by atoms with Crippen LogP contribution in [0.5, 0.6) is 0 Å². The molecule has 116 valence electrons. The van der Waals surface area contributed by atoms with E-state index in [1.54, 1.807) is 23.6 Å². The Bertz CT molecular complexity index is 870. The van der Waals surface area contributed by atoms with Crippen molar-refractivity contribution in [1.29, 1.82) is 0 Å². The summed E-state index contributed by atoms with van der Waals surface area (Å²) in [5, 5.41) is 7.32. The van der Waals surface area contributed by atoms with E-state index in [0.717, 1.165) is 21.8 Å². The second-order valence-corrected chi connectivity index (χ2v) is 5.99. The Kier molecular flexibility index (Phi) is 4.90. The molecular weight excluding hydrogens is 328 g/mol. The fourth-order valence-corrected chi connectivity index (χ4v) is 3.00. The Hall–Kier alpha value is -2.37. The molecule has 0 unspecified atom stereocenters. The molecule has 4 nitrogen and oxygen atoms in total. The van der Waals surface area contributed by atoms with Crippen molar-refractivity contribution in [2.45, 2.75) is 0 Å². The number of thiazole rings is 1. The quantitative estimate of drug-likeness (QED) is 0.534. The van der Waals surface area contributed by atoms with Crippen molar-refractivity contribution in [3.63, 3.8) is 0 Å². The van der Waals surface area contributed by atoms with Crippen LogP contribution < -0.4 is 4.80 Å². The van der Waals surface area contributed by atoms with Gasteiger partial charge in [-0.1, -0.05) is 29.8 Å². The van der Waals surface area contributed by atoms with Crippen LogP contribution in [0.1, 0.15) is 5.69 Å². The summed E-state index contributed by atoms with van der Waals surface area (Å²) >= 11 is 7.52. The fraction of sp³-hybridized carbons (Fsp3) is 0.0588. The summed E-state index contributed by atoms with van der Waals surface area (Å²) in [4.78, 5) is 8.42. The van der Waals surface area contributed by atoms with Gasteiger partial charge in [-0.2, -0.15) is 5.10 Å². The average molecular weight is 343 g/mol. The molecule has 2 heterocycles. The van der Waals surface area contributed by atoms with Crippen LogP contribution >= 0.6 is 22.9 Å². The van der Waals surface area contributed by atoms with Crippen molar-refractivity contribution in [2.24, 2.45) is 10.1 Å². The monoisotopic (exact) mass is 342 g/mol. The second-order valence-electron chi connectivity index (χ2n) is 4.72. The molecule has 0 bridgehead atoms. The van der Waals surface area contributed by atoms with Crippen molar-refractivity contribution >= 4 is 29.2 Å². The highest BCUT2D eigenvalue weighted by Gasteiger charge is 2.07. The molecule has 1 N–H and O–H groups in total.